The summed E-state index contributed by atoms with van der Waals surface area (Å²) < 4.78 is 47.4. The van der Waals surface area contributed by atoms with E-state index in [1.165, 1.54) is 30.0 Å². The maximum atomic E-state index is 15.1. The van der Waals surface area contributed by atoms with E-state index in [4.69, 9.17) is 4.74 Å². The molecule has 4 rings (SSSR count). The van der Waals surface area contributed by atoms with Crippen LogP contribution in [-0.4, -0.2) is 44.3 Å². The zero-order valence-corrected chi connectivity index (χ0v) is 19.7. The Morgan fingerprint density at radius 2 is 1.97 bits per heavy atom. The van der Waals surface area contributed by atoms with Crippen molar-refractivity contribution in [2.75, 3.05) is 36.0 Å². The Hall–Kier alpha value is -4.00. The van der Waals surface area contributed by atoms with Gasteiger partial charge < -0.3 is 15.0 Å². The van der Waals surface area contributed by atoms with Crippen LogP contribution in [0.3, 0.4) is 0 Å². The number of nitrogens with one attached hydrogen (secondary N) is 1. The van der Waals surface area contributed by atoms with Gasteiger partial charge in [0, 0.05) is 26.4 Å². The molecule has 1 aliphatic carbocycles. The van der Waals surface area contributed by atoms with Crippen LogP contribution in [-0.2, 0) is 9.53 Å². The minimum atomic E-state index is -0.942. The Bertz CT molecular complexity index is 1240. The van der Waals surface area contributed by atoms with Crippen molar-refractivity contribution in [3.8, 4) is 6.07 Å². The second-order valence-corrected chi connectivity index (χ2v) is 8.72. The van der Waals surface area contributed by atoms with Crippen LogP contribution < -0.4 is 15.1 Å². The lowest BCUT2D eigenvalue weighted by molar-refractivity contribution is -0.119. The summed E-state index contributed by atoms with van der Waals surface area (Å²) in [6.07, 6.45) is 3.58. The van der Waals surface area contributed by atoms with E-state index in [1.807, 2.05) is 4.90 Å². The number of halogens is 3. The van der Waals surface area contributed by atoms with Crippen LogP contribution in [0.1, 0.15) is 26.2 Å². The maximum Gasteiger partial charge on any atom is 0.414 e. The number of carbonyl (C=O) groups excluding carboxylic acids is 2. The van der Waals surface area contributed by atoms with Gasteiger partial charge in [-0.15, -0.1) is 0 Å². The number of hydrogen-bond donors (Lipinski definition) is 1. The third-order valence-electron chi connectivity index (χ3n) is 6.33. The topological polar surface area (TPSA) is 85.7 Å². The van der Waals surface area contributed by atoms with Gasteiger partial charge in [0.05, 0.1) is 36.1 Å². The van der Waals surface area contributed by atoms with E-state index in [-0.39, 0.29) is 25.4 Å². The van der Waals surface area contributed by atoms with E-state index < -0.39 is 29.7 Å². The molecule has 1 atom stereocenters. The molecule has 10 heteroatoms. The number of benzene rings is 1. The highest BCUT2D eigenvalue weighted by Gasteiger charge is 2.33. The van der Waals surface area contributed by atoms with Crippen LogP contribution in [0.4, 0.5) is 29.3 Å². The minimum absolute atomic E-state index is 0.180. The SMILES string of the molecule is CC(=O)NC[C@H]1CN(c2ccc(N3CCC(=C(C#N)C4=CCC(F)=C(F)C=C4)CC3)c(F)c2)C(=O)O1. The molecule has 3 aliphatic rings. The first-order chi connectivity index (χ1) is 17.3. The van der Waals surface area contributed by atoms with E-state index >= 15 is 4.39 Å². The molecule has 36 heavy (non-hydrogen) atoms. The predicted octanol–water partition coefficient (Wildman–Crippen LogP) is 4.74. The van der Waals surface area contributed by atoms with E-state index in [9.17, 15) is 23.6 Å². The molecule has 2 fully saturated rings. The number of rotatable bonds is 5. The average Bonchev–Trinajstić information content (AvgIpc) is 3.16. The average molecular weight is 499 g/mol. The Balaban J connectivity index is 1.43. The minimum Gasteiger partial charge on any atom is -0.442 e. The molecule has 0 radical (unpaired) electrons. The highest BCUT2D eigenvalue weighted by Crippen LogP contribution is 2.33. The Labute approximate surface area is 206 Å². The second-order valence-electron chi connectivity index (χ2n) is 8.72. The number of amides is 2. The number of carbonyl (C=O) groups is 2. The first-order valence-electron chi connectivity index (χ1n) is 11.6. The van der Waals surface area contributed by atoms with E-state index in [1.54, 1.807) is 12.1 Å². The molecule has 1 N–H and O–H groups in total. The van der Waals surface area contributed by atoms with Gasteiger partial charge in [0.2, 0.25) is 5.91 Å². The van der Waals surface area contributed by atoms with Crippen LogP contribution in [0.15, 0.2) is 64.8 Å². The van der Waals surface area contributed by atoms with Crippen LogP contribution >= 0.6 is 0 Å². The lowest BCUT2D eigenvalue weighted by Gasteiger charge is -2.31. The molecule has 188 valence electrons. The van der Waals surface area contributed by atoms with Crippen molar-refractivity contribution in [3.63, 3.8) is 0 Å². The number of allylic oxidation sites excluding steroid dienone is 7. The van der Waals surface area contributed by atoms with Gasteiger partial charge in [0.15, 0.2) is 5.83 Å². The van der Waals surface area contributed by atoms with Gasteiger partial charge >= 0.3 is 6.09 Å². The third-order valence-corrected chi connectivity index (χ3v) is 6.33. The lowest BCUT2D eigenvalue weighted by Crippen LogP contribution is -2.33. The Kier molecular flexibility index (Phi) is 7.48. The summed E-state index contributed by atoms with van der Waals surface area (Å²) in [5.74, 6) is -2.54. The Morgan fingerprint density at radius 3 is 2.64 bits per heavy atom. The molecular weight excluding hydrogens is 473 g/mol. The van der Waals surface area contributed by atoms with Gasteiger partial charge in [-0.2, -0.15) is 5.26 Å². The normalized spacial score (nSPS) is 20.1. The van der Waals surface area contributed by atoms with Crippen molar-refractivity contribution in [2.24, 2.45) is 0 Å². The number of nitriles is 1. The molecule has 1 aromatic rings. The van der Waals surface area contributed by atoms with Crippen LogP contribution in [0.2, 0.25) is 0 Å². The molecule has 2 heterocycles. The summed E-state index contributed by atoms with van der Waals surface area (Å²) in [5.41, 5.74) is 2.46. The molecular formula is C26H25F3N4O3. The molecule has 0 aromatic heterocycles. The molecule has 7 nitrogen and oxygen atoms in total. The first kappa shape index (κ1) is 25.1. The molecule has 0 saturated carbocycles. The summed E-state index contributed by atoms with van der Waals surface area (Å²) in [7, 11) is 0. The highest BCUT2D eigenvalue weighted by atomic mass is 19.2. The van der Waals surface area contributed by atoms with Crippen LogP contribution in [0.5, 0.6) is 0 Å². The largest absolute Gasteiger partial charge is 0.442 e. The van der Waals surface area contributed by atoms with Gasteiger partial charge in [0.1, 0.15) is 17.7 Å². The molecule has 0 bridgehead atoms. The van der Waals surface area contributed by atoms with Crippen molar-refractivity contribution in [2.45, 2.75) is 32.3 Å². The number of piperidine rings is 1. The maximum absolute atomic E-state index is 15.1. The summed E-state index contributed by atoms with van der Waals surface area (Å²) in [6.45, 7) is 2.66. The summed E-state index contributed by atoms with van der Waals surface area (Å²) in [4.78, 5) is 26.5. The van der Waals surface area contributed by atoms with E-state index in [2.05, 4.69) is 11.4 Å². The zero-order valence-electron chi connectivity index (χ0n) is 19.7. The van der Waals surface area contributed by atoms with Crippen molar-refractivity contribution < 1.29 is 27.5 Å². The number of anilines is 2. The quantitative estimate of drug-likeness (QED) is 0.593. The summed E-state index contributed by atoms with van der Waals surface area (Å²) in [6, 6.07) is 6.68. The summed E-state index contributed by atoms with van der Waals surface area (Å²) >= 11 is 0. The first-order valence-corrected chi connectivity index (χ1v) is 11.6. The van der Waals surface area contributed by atoms with Crippen LogP contribution in [0, 0.1) is 17.1 Å². The molecule has 2 saturated heterocycles. The van der Waals surface area contributed by atoms with Crippen LogP contribution in [0.25, 0.3) is 0 Å². The fourth-order valence-corrected chi connectivity index (χ4v) is 4.44. The van der Waals surface area contributed by atoms with Gasteiger partial charge in [-0.3, -0.25) is 9.69 Å². The Morgan fingerprint density at radius 1 is 1.22 bits per heavy atom. The molecule has 1 aromatic carbocycles. The van der Waals surface area contributed by atoms with Gasteiger partial charge in [-0.1, -0.05) is 12.2 Å². The smallest absolute Gasteiger partial charge is 0.414 e. The molecule has 0 spiro atoms. The van der Waals surface area contributed by atoms with Crippen molar-refractivity contribution >= 4 is 23.4 Å². The molecule has 2 amide bonds. The number of hydrogen-bond acceptors (Lipinski definition) is 5. The molecule has 2 aliphatic heterocycles. The predicted molar refractivity (Wildman–Crippen MR) is 128 cm³/mol. The fourth-order valence-electron chi connectivity index (χ4n) is 4.44. The van der Waals surface area contributed by atoms with Crippen molar-refractivity contribution in [3.05, 3.63) is 70.6 Å². The van der Waals surface area contributed by atoms with Gasteiger partial charge in [-0.05, 0) is 48.3 Å². The van der Waals surface area contributed by atoms with Crippen molar-refractivity contribution in [1.82, 2.24) is 5.32 Å². The van der Waals surface area contributed by atoms with E-state index in [0.29, 0.717) is 48.5 Å². The lowest BCUT2D eigenvalue weighted by atomic mass is 9.93. The summed E-state index contributed by atoms with van der Waals surface area (Å²) in [5, 5.41) is 12.3. The number of nitrogens with zero attached hydrogens (tertiary/aromatic N) is 3. The second kappa shape index (κ2) is 10.7. The monoisotopic (exact) mass is 498 g/mol. The van der Waals surface area contributed by atoms with Gasteiger partial charge in [-0.25, -0.2) is 18.0 Å². The zero-order chi connectivity index (χ0) is 25.8. The number of cyclic esters (lactones) is 1. The fraction of sp³-hybridized carbons (Fsp3) is 0.346. The third kappa shape index (κ3) is 5.46. The number of ether oxygens (including phenoxy) is 1. The van der Waals surface area contributed by atoms with Gasteiger partial charge in [0.25, 0.3) is 0 Å². The van der Waals surface area contributed by atoms with E-state index in [0.717, 1.165) is 11.6 Å². The highest BCUT2D eigenvalue weighted by molar-refractivity contribution is 5.90. The van der Waals surface area contributed by atoms with Crippen molar-refractivity contribution in [1.29, 1.82) is 5.26 Å². The standard InChI is InChI=1S/C26H25F3N4O3/c1-16(34)31-14-20-15-33(26(35)36-20)19-4-7-25(24(29)12-19)32-10-8-18(9-11-32)21(13-30)17-2-5-22(27)23(28)6-3-17/h2-5,7,12,20H,6,8-11,14-15H2,1H3,(H,31,34)/t20-/m0/s1. The molecule has 0 unspecified atom stereocenters.